The Morgan fingerprint density at radius 3 is 1.95 bits per heavy atom. The zero-order valence-corrected chi connectivity index (χ0v) is 22.7. The summed E-state index contributed by atoms with van der Waals surface area (Å²) in [5.74, 6) is -1.78. The van der Waals surface area contributed by atoms with E-state index in [1.807, 2.05) is 49.4 Å². The number of carbonyl (C=O) groups excluding carboxylic acids is 4. The van der Waals surface area contributed by atoms with E-state index in [0.29, 0.717) is 18.6 Å². The summed E-state index contributed by atoms with van der Waals surface area (Å²) in [6.07, 6.45) is -4.89. The lowest BCUT2D eigenvalue weighted by Gasteiger charge is -2.44. The first kappa shape index (κ1) is 29.6. The third-order valence-electron chi connectivity index (χ3n) is 5.91. The standard InChI is InChI=1S/C29H34O10/c1-6-34-24-12-10-21(11-13-24)14-22-8-7-9-23(15-22)26-28(37-19(4)32)29(38-20(5)33)27(36-18(3)31)25(39-26)16-35-17(2)30/h7-13,15,25-29H,6,14,16H2,1-5H3/t25-,26+,27-,28+,29+/m1/s1. The lowest BCUT2D eigenvalue weighted by Crippen LogP contribution is -2.59. The normalized spacial score (nSPS) is 22.3. The Hall–Kier alpha value is -3.92. The molecule has 0 aliphatic carbocycles. The van der Waals surface area contributed by atoms with Gasteiger partial charge in [-0.25, -0.2) is 0 Å². The van der Waals surface area contributed by atoms with Crippen LogP contribution in [0.2, 0.25) is 0 Å². The number of rotatable bonds is 10. The highest BCUT2D eigenvalue weighted by Crippen LogP contribution is 2.38. The van der Waals surface area contributed by atoms with Crippen molar-refractivity contribution in [2.45, 2.75) is 71.6 Å². The highest BCUT2D eigenvalue weighted by atomic mass is 16.7. The van der Waals surface area contributed by atoms with E-state index < -0.39 is 54.4 Å². The van der Waals surface area contributed by atoms with Crippen LogP contribution in [0, 0.1) is 0 Å². The monoisotopic (exact) mass is 542 g/mol. The van der Waals surface area contributed by atoms with Crippen LogP contribution in [0.3, 0.4) is 0 Å². The first-order chi connectivity index (χ1) is 18.6. The second-order valence-corrected chi connectivity index (χ2v) is 9.12. The maximum absolute atomic E-state index is 12.1. The van der Waals surface area contributed by atoms with Crippen molar-refractivity contribution in [3.63, 3.8) is 0 Å². The van der Waals surface area contributed by atoms with E-state index in [4.69, 9.17) is 28.4 Å². The molecule has 0 saturated carbocycles. The van der Waals surface area contributed by atoms with Crippen LogP contribution in [0.15, 0.2) is 48.5 Å². The van der Waals surface area contributed by atoms with Gasteiger partial charge < -0.3 is 28.4 Å². The molecule has 10 heteroatoms. The van der Waals surface area contributed by atoms with Crippen LogP contribution >= 0.6 is 0 Å². The number of esters is 4. The molecule has 1 heterocycles. The first-order valence-electron chi connectivity index (χ1n) is 12.7. The topological polar surface area (TPSA) is 124 Å². The summed E-state index contributed by atoms with van der Waals surface area (Å²) in [4.78, 5) is 47.7. The number of ether oxygens (including phenoxy) is 6. The molecule has 1 fully saturated rings. The summed E-state index contributed by atoms with van der Waals surface area (Å²) in [6.45, 7) is 7.06. The number of benzene rings is 2. The molecule has 3 rings (SSSR count). The molecule has 0 bridgehead atoms. The van der Waals surface area contributed by atoms with Crippen LogP contribution in [-0.2, 0) is 49.3 Å². The fourth-order valence-electron chi connectivity index (χ4n) is 4.48. The minimum absolute atomic E-state index is 0.278. The van der Waals surface area contributed by atoms with Crippen molar-refractivity contribution in [1.82, 2.24) is 0 Å². The molecule has 5 atom stereocenters. The second-order valence-electron chi connectivity index (χ2n) is 9.12. The van der Waals surface area contributed by atoms with Crippen LogP contribution in [0.5, 0.6) is 5.75 Å². The largest absolute Gasteiger partial charge is 0.494 e. The minimum Gasteiger partial charge on any atom is -0.494 e. The fourth-order valence-corrected chi connectivity index (χ4v) is 4.48. The third kappa shape index (κ3) is 8.54. The predicted molar refractivity (Wildman–Crippen MR) is 138 cm³/mol. The molecular weight excluding hydrogens is 508 g/mol. The van der Waals surface area contributed by atoms with E-state index in [2.05, 4.69) is 0 Å². The zero-order chi connectivity index (χ0) is 28.5. The molecule has 39 heavy (non-hydrogen) atoms. The molecule has 0 spiro atoms. The Labute approximate surface area is 227 Å². The van der Waals surface area contributed by atoms with Gasteiger partial charge in [0.1, 0.15) is 24.6 Å². The van der Waals surface area contributed by atoms with E-state index in [0.717, 1.165) is 16.9 Å². The van der Waals surface area contributed by atoms with Gasteiger partial charge in [0, 0.05) is 27.7 Å². The molecule has 0 aromatic heterocycles. The number of hydrogen-bond acceptors (Lipinski definition) is 10. The highest BCUT2D eigenvalue weighted by molar-refractivity contribution is 5.69. The van der Waals surface area contributed by atoms with Gasteiger partial charge in [0.15, 0.2) is 18.3 Å². The van der Waals surface area contributed by atoms with Crippen molar-refractivity contribution in [1.29, 1.82) is 0 Å². The van der Waals surface area contributed by atoms with Gasteiger partial charge in [-0.1, -0.05) is 36.4 Å². The van der Waals surface area contributed by atoms with Crippen molar-refractivity contribution >= 4 is 23.9 Å². The summed E-state index contributed by atoms with van der Waals surface area (Å²) < 4.78 is 33.5. The minimum atomic E-state index is -1.22. The van der Waals surface area contributed by atoms with Gasteiger partial charge in [0.25, 0.3) is 0 Å². The van der Waals surface area contributed by atoms with Gasteiger partial charge in [0.05, 0.1) is 6.61 Å². The number of carbonyl (C=O) groups is 4. The number of hydrogen-bond donors (Lipinski definition) is 0. The summed E-state index contributed by atoms with van der Waals surface area (Å²) in [5.41, 5.74) is 2.64. The van der Waals surface area contributed by atoms with Gasteiger partial charge >= 0.3 is 23.9 Å². The molecule has 0 radical (unpaired) electrons. The quantitative estimate of drug-likeness (QED) is 0.326. The van der Waals surface area contributed by atoms with Gasteiger partial charge in [-0.2, -0.15) is 0 Å². The van der Waals surface area contributed by atoms with Gasteiger partial charge in [-0.15, -0.1) is 0 Å². The highest BCUT2D eigenvalue weighted by Gasteiger charge is 2.52. The van der Waals surface area contributed by atoms with E-state index in [1.165, 1.54) is 27.7 Å². The van der Waals surface area contributed by atoms with E-state index in [1.54, 1.807) is 6.07 Å². The van der Waals surface area contributed by atoms with Crippen LogP contribution in [0.4, 0.5) is 0 Å². The van der Waals surface area contributed by atoms with E-state index in [-0.39, 0.29) is 6.61 Å². The van der Waals surface area contributed by atoms with Crippen LogP contribution in [0.25, 0.3) is 0 Å². The third-order valence-corrected chi connectivity index (χ3v) is 5.91. The molecular formula is C29H34O10. The maximum atomic E-state index is 12.1. The fraction of sp³-hybridized carbons (Fsp3) is 0.448. The molecule has 210 valence electrons. The lowest BCUT2D eigenvalue weighted by molar-refractivity contribution is -0.254. The van der Waals surface area contributed by atoms with Crippen LogP contribution in [-0.4, -0.2) is 61.5 Å². The van der Waals surface area contributed by atoms with Gasteiger partial charge in [-0.05, 0) is 42.2 Å². The molecule has 2 aromatic rings. The Balaban J connectivity index is 1.98. The molecule has 1 aliphatic rings. The Bertz CT molecular complexity index is 1160. The van der Waals surface area contributed by atoms with E-state index in [9.17, 15) is 19.2 Å². The van der Waals surface area contributed by atoms with Crippen molar-refractivity contribution in [2.24, 2.45) is 0 Å². The molecule has 1 aliphatic heterocycles. The Morgan fingerprint density at radius 2 is 1.36 bits per heavy atom. The summed E-state index contributed by atoms with van der Waals surface area (Å²) in [7, 11) is 0. The molecule has 0 N–H and O–H groups in total. The maximum Gasteiger partial charge on any atom is 0.303 e. The van der Waals surface area contributed by atoms with Crippen molar-refractivity contribution in [3.8, 4) is 5.75 Å². The molecule has 2 aromatic carbocycles. The molecule has 0 amide bonds. The molecule has 10 nitrogen and oxygen atoms in total. The van der Waals surface area contributed by atoms with Gasteiger partial charge in [-0.3, -0.25) is 19.2 Å². The van der Waals surface area contributed by atoms with E-state index >= 15 is 0 Å². The van der Waals surface area contributed by atoms with Crippen molar-refractivity contribution in [3.05, 3.63) is 65.2 Å². The SMILES string of the molecule is CCOc1ccc(Cc2cccc([C@@H]3O[C@H](COC(C)=O)[C@@H](OC(C)=O)[C@H](OC(C)=O)[C@H]3OC(C)=O)c2)cc1. The molecule has 0 unspecified atom stereocenters. The average molecular weight is 543 g/mol. The average Bonchev–Trinajstić information content (AvgIpc) is 2.86. The zero-order valence-electron chi connectivity index (χ0n) is 22.7. The summed E-state index contributed by atoms with van der Waals surface area (Å²) >= 11 is 0. The summed E-state index contributed by atoms with van der Waals surface area (Å²) in [5, 5.41) is 0. The Morgan fingerprint density at radius 1 is 0.744 bits per heavy atom. The molecule has 1 saturated heterocycles. The Kier molecular flexibility index (Phi) is 10.4. The van der Waals surface area contributed by atoms with Crippen molar-refractivity contribution < 1.29 is 47.6 Å². The smallest absolute Gasteiger partial charge is 0.303 e. The predicted octanol–water partition coefficient (Wildman–Crippen LogP) is 3.47. The van der Waals surface area contributed by atoms with Crippen LogP contribution in [0.1, 0.15) is 57.4 Å². The second kappa shape index (κ2) is 13.7. The van der Waals surface area contributed by atoms with Gasteiger partial charge in [0.2, 0.25) is 0 Å². The first-order valence-corrected chi connectivity index (χ1v) is 12.7. The lowest BCUT2D eigenvalue weighted by atomic mass is 9.89. The van der Waals surface area contributed by atoms with Crippen molar-refractivity contribution in [2.75, 3.05) is 13.2 Å². The summed E-state index contributed by atoms with van der Waals surface area (Å²) in [6, 6.07) is 15.3. The van der Waals surface area contributed by atoms with Crippen LogP contribution < -0.4 is 4.74 Å².